The van der Waals surface area contributed by atoms with Gasteiger partial charge >= 0.3 is 41.5 Å². The fourth-order valence-corrected chi connectivity index (χ4v) is 5.47. The minimum absolute atomic E-state index is 0. The van der Waals surface area contributed by atoms with Crippen LogP contribution in [0.25, 0.3) is 5.69 Å². The maximum absolute atomic E-state index is 12.1. The van der Waals surface area contributed by atoms with Gasteiger partial charge in [0.2, 0.25) is 5.78 Å². The topological polar surface area (TPSA) is 238 Å². The van der Waals surface area contributed by atoms with Gasteiger partial charge in [-0.15, -0.1) is 0 Å². The van der Waals surface area contributed by atoms with Gasteiger partial charge in [0, 0.05) is 126 Å². The van der Waals surface area contributed by atoms with Crippen LogP contribution in [0.2, 0.25) is 10.0 Å². The van der Waals surface area contributed by atoms with Gasteiger partial charge in [-0.1, -0.05) is 107 Å². The van der Waals surface area contributed by atoms with Crippen LogP contribution in [-0.4, -0.2) is 69.1 Å². The van der Waals surface area contributed by atoms with Crippen LogP contribution < -0.4 is 40.5 Å². The van der Waals surface area contributed by atoms with E-state index in [1.807, 2.05) is 102 Å². The summed E-state index contributed by atoms with van der Waals surface area (Å²) in [4.78, 5) is 52.9. The van der Waals surface area contributed by atoms with Crippen molar-refractivity contribution in [2.45, 2.75) is 26.7 Å². The van der Waals surface area contributed by atoms with Crippen molar-refractivity contribution in [2.24, 2.45) is 10.7 Å². The largest absolute Gasteiger partial charge is 1.00 e. The van der Waals surface area contributed by atoms with E-state index in [2.05, 4.69) is 67.4 Å². The van der Waals surface area contributed by atoms with E-state index in [-0.39, 0.29) is 147 Å². The Morgan fingerprint density at radius 3 is 1.75 bits per heavy atom. The minimum Gasteiger partial charge on any atom is -0.662 e. The van der Waals surface area contributed by atoms with E-state index in [1.54, 1.807) is 20.0 Å². The number of nitrogens with zero attached hydrogens (tertiary/aromatic N) is 3. The number of hydrogen-bond acceptors (Lipinski definition) is 10. The molecule has 0 spiro atoms. The molecular weight excluding hydrogens is 1300 g/mol. The second-order valence-corrected chi connectivity index (χ2v) is 13.9. The molecule has 0 unspecified atom stereocenters. The van der Waals surface area contributed by atoms with E-state index in [1.165, 1.54) is 0 Å². The van der Waals surface area contributed by atoms with Crippen LogP contribution in [0.3, 0.4) is 0 Å². The number of aliphatic imine (C=N–C) groups is 1. The van der Waals surface area contributed by atoms with Crippen LogP contribution in [0.15, 0.2) is 117 Å². The number of imidazole rings is 1. The van der Waals surface area contributed by atoms with E-state index in [0.717, 1.165) is 37.3 Å². The Hall–Kier alpha value is -0.733. The summed E-state index contributed by atoms with van der Waals surface area (Å²) in [6, 6.07) is 30.7. The van der Waals surface area contributed by atoms with E-state index in [9.17, 15) is 14.4 Å². The zero-order valence-corrected chi connectivity index (χ0v) is 48.8. The Kier molecular flexibility index (Phi) is 42.2. The van der Waals surface area contributed by atoms with Gasteiger partial charge in [-0.3, -0.25) is 9.59 Å². The summed E-state index contributed by atoms with van der Waals surface area (Å²) in [6.45, 7) is 3.80. The number of carbonyl (C=O) groups excluding carboxylic acids is 4. The molecular formula is C39H40Br3Cl2N4NaO10Pr2. The summed E-state index contributed by atoms with van der Waals surface area (Å²) in [5.74, 6) is -0.478. The van der Waals surface area contributed by atoms with Gasteiger partial charge < -0.3 is 40.9 Å². The van der Waals surface area contributed by atoms with Gasteiger partial charge in [0.15, 0.2) is 5.69 Å². The molecule has 4 aromatic carbocycles. The molecule has 6 N–H and O–H groups in total. The van der Waals surface area contributed by atoms with E-state index < -0.39 is 17.7 Å². The first-order valence-corrected chi connectivity index (χ1v) is 19.9. The first-order chi connectivity index (χ1) is 26.9. The maximum Gasteiger partial charge on any atom is 1.00 e. The van der Waals surface area contributed by atoms with Crippen molar-refractivity contribution in [3.8, 4) is 5.69 Å². The zero-order chi connectivity index (χ0) is 41.5. The molecule has 2 radical (unpaired) electrons. The quantitative estimate of drug-likeness (QED) is 0.0219. The molecule has 0 bridgehead atoms. The molecule has 61 heavy (non-hydrogen) atoms. The fourth-order valence-electron chi connectivity index (χ4n) is 4.31. The van der Waals surface area contributed by atoms with Crippen LogP contribution in [0.1, 0.15) is 41.3 Å². The molecule has 0 fully saturated rings. The average Bonchev–Trinajstić information content (AvgIpc) is 3.62. The van der Waals surface area contributed by atoms with Gasteiger partial charge in [0.25, 0.3) is 6.47 Å². The van der Waals surface area contributed by atoms with Crippen molar-refractivity contribution in [1.82, 2.24) is 9.55 Å². The molecule has 318 valence electrons. The number of ether oxygens (including phenoxy) is 2. The number of hydrogen-bond donors (Lipinski definition) is 1. The molecule has 0 aliphatic carbocycles. The fraction of sp³-hybridized carbons (Fsp3) is 0.179. The van der Waals surface area contributed by atoms with Crippen molar-refractivity contribution in [1.29, 1.82) is 0 Å². The average molecular weight is 1340 g/mol. The molecule has 0 amide bonds. The normalized spacial score (nSPS) is 9.41. The number of benzene rings is 4. The Morgan fingerprint density at radius 1 is 0.820 bits per heavy atom. The van der Waals surface area contributed by atoms with Gasteiger partial charge in [-0.2, -0.15) is 0 Å². The second kappa shape index (κ2) is 38.5. The summed E-state index contributed by atoms with van der Waals surface area (Å²) in [6.07, 6.45) is 2.76. The molecule has 22 heteroatoms. The van der Waals surface area contributed by atoms with Crippen LogP contribution >= 0.6 is 71.0 Å². The van der Waals surface area contributed by atoms with Crippen molar-refractivity contribution in [2.75, 3.05) is 18.5 Å². The molecule has 1 aromatic heterocycles. The monoisotopic (exact) mass is 1340 g/mol. The number of amidine groups is 1. The van der Waals surface area contributed by atoms with E-state index >= 15 is 0 Å². The molecule has 0 atom stereocenters. The number of esters is 2. The van der Waals surface area contributed by atoms with Crippen LogP contribution in [0, 0.1) is 82.6 Å². The summed E-state index contributed by atoms with van der Waals surface area (Å²) in [5.41, 5.74) is 9.89. The first-order valence-electron chi connectivity index (χ1n) is 16.4. The van der Waals surface area contributed by atoms with E-state index in [0.29, 0.717) is 35.3 Å². The molecule has 5 aromatic rings. The van der Waals surface area contributed by atoms with Crippen molar-refractivity contribution >= 4 is 107 Å². The third-order valence-electron chi connectivity index (χ3n) is 6.77. The number of halogens is 5. The van der Waals surface area contributed by atoms with Crippen molar-refractivity contribution in [3.63, 3.8) is 0 Å². The smallest absolute Gasteiger partial charge is 0.662 e. The number of aromatic nitrogens is 2. The minimum atomic E-state index is -0.769. The third-order valence-corrected chi connectivity index (χ3v) is 9.07. The van der Waals surface area contributed by atoms with E-state index in [4.69, 9.17) is 43.7 Å². The van der Waals surface area contributed by atoms with Crippen molar-refractivity contribution < 1.29 is 162 Å². The maximum atomic E-state index is 12.1. The number of nitrogens with two attached hydrogens (primary N) is 1. The predicted molar refractivity (Wildman–Crippen MR) is 232 cm³/mol. The molecule has 14 nitrogen and oxygen atoms in total. The Bertz CT molecular complexity index is 2070. The Balaban J connectivity index is -0.000000399. The van der Waals surface area contributed by atoms with Crippen LogP contribution in [-0.2, 0) is 41.6 Å². The standard InChI is InChI=1S/C19H16BrClN2O2.C14H12BrClN2.C5H7BrO3.CH2O3.Na.2H2O.2Pr/c1-2-25-19(24)17-12-23(15-9-7-14(20)8-10-15)18(22-17)11-13-5-3-4-6-16(13)21;15-11-5-7-12(8-6-11)18-14(17)9-10-3-1-2-4-13(10)16;1-2-9-5(8)4(7)3-6;2-1-4-3;;;;;/h3-10,12H,2,11H2,1H3;1-8H,9H2,(H2,17,18);2-3H2,1H3;1,3H;;2*1H2;;/q;;;;+1;;;;/p-1. The van der Waals surface area contributed by atoms with Crippen LogP contribution in [0.5, 0.6) is 0 Å². The van der Waals surface area contributed by atoms with Gasteiger partial charge in [0.1, 0.15) is 11.7 Å². The van der Waals surface area contributed by atoms with Gasteiger partial charge in [0.05, 0.1) is 24.2 Å². The predicted octanol–water partition coefficient (Wildman–Crippen LogP) is 3.69. The van der Waals surface area contributed by atoms with Crippen LogP contribution in [0.4, 0.5) is 5.69 Å². The Labute approximate surface area is 477 Å². The third kappa shape index (κ3) is 26.1. The second-order valence-electron chi connectivity index (χ2n) is 10.7. The molecule has 5 rings (SSSR count). The summed E-state index contributed by atoms with van der Waals surface area (Å²) < 4.78 is 13.3. The van der Waals surface area contributed by atoms with Gasteiger partial charge in [-0.25, -0.2) is 19.6 Å². The summed E-state index contributed by atoms with van der Waals surface area (Å²) >= 11 is 22.0. The Morgan fingerprint density at radius 2 is 1.30 bits per heavy atom. The van der Waals surface area contributed by atoms with Crippen molar-refractivity contribution in [3.05, 3.63) is 145 Å². The summed E-state index contributed by atoms with van der Waals surface area (Å²) in [5, 5.41) is 9.85. The molecule has 0 aliphatic heterocycles. The van der Waals surface area contributed by atoms with Gasteiger partial charge in [-0.05, 0) is 85.6 Å². The first kappa shape index (κ1) is 66.9. The number of rotatable bonds is 12. The number of ketones is 1. The summed E-state index contributed by atoms with van der Waals surface area (Å²) in [7, 11) is 0. The zero-order valence-electron chi connectivity index (χ0n) is 33.2. The molecule has 0 saturated carbocycles. The molecule has 1 heterocycles. The molecule has 0 aliphatic rings. The number of Topliss-reactive ketones (excluding diaryl/α,β-unsaturated/α-hetero) is 1. The molecule has 0 saturated heterocycles. The number of alkyl halides is 1. The number of carbonyl (C=O) groups is 4. The SMILES string of the molecule is CCOC(=O)C(=O)CBr.CCOC(=O)c1cn(-c2ccc(Br)cc2)c(Cc2ccccc2Cl)n1.NC(Cc1ccccc1Cl)=Nc1ccc(Br)cc1.O.O.O=CO[O-].[Na+].[Pr].[Pr].